The average molecular weight is 514 g/mol. The Bertz CT molecular complexity index is 1460. The van der Waals surface area contributed by atoms with Crippen LogP contribution in [0.2, 0.25) is 0 Å². The number of amides is 3. The van der Waals surface area contributed by atoms with Crippen molar-refractivity contribution in [2.45, 2.75) is 37.1 Å². The van der Waals surface area contributed by atoms with Gasteiger partial charge in [0, 0.05) is 35.9 Å². The number of anilines is 2. The van der Waals surface area contributed by atoms with Crippen LogP contribution in [0.5, 0.6) is 17.2 Å². The van der Waals surface area contributed by atoms with Crippen molar-refractivity contribution in [3.05, 3.63) is 71.2 Å². The summed E-state index contributed by atoms with van der Waals surface area (Å²) >= 11 is 0. The van der Waals surface area contributed by atoms with Crippen LogP contribution in [0.25, 0.3) is 0 Å². The summed E-state index contributed by atoms with van der Waals surface area (Å²) in [6.45, 7) is 0. The Labute approximate surface area is 207 Å². The van der Waals surface area contributed by atoms with E-state index in [9.17, 15) is 27.2 Å². The predicted molar refractivity (Wildman–Crippen MR) is 122 cm³/mol. The molecule has 0 radical (unpaired) electrons. The summed E-state index contributed by atoms with van der Waals surface area (Å²) in [5.41, 5.74) is -1.09. The lowest BCUT2D eigenvalue weighted by Crippen LogP contribution is -2.43. The van der Waals surface area contributed by atoms with Crippen LogP contribution in [0, 0.1) is 5.82 Å². The molecule has 8 nitrogen and oxygen atoms in total. The highest BCUT2D eigenvalue weighted by atomic mass is 19.4. The van der Waals surface area contributed by atoms with Crippen LogP contribution >= 0.6 is 0 Å². The number of carbonyl (C=O) groups excluding carboxylic acids is 2. The lowest BCUT2D eigenvalue weighted by Gasteiger charge is -2.19. The summed E-state index contributed by atoms with van der Waals surface area (Å²) in [4.78, 5) is 28.4. The average Bonchev–Trinajstić information content (AvgIpc) is 3.44. The maximum Gasteiger partial charge on any atom is 0.419 e. The molecule has 0 saturated heterocycles. The first-order valence-corrected chi connectivity index (χ1v) is 11.4. The topological polar surface area (TPSA) is 102 Å². The normalized spacial score (nSPS) is 21.1. The highest BCUT2D eigenvalue weighted by Gasteiger charge is 2.64. The van der Waals surface area contributed by atoms with Crippen LogP contribution in [-0.2, 0) is 17.4 Å². The molecule has 3 N–H and O–H groups in total. The van der Waals surface area contributed by atoms with Gasteiger partial charge in [0.05, 0.1) is 11.5 Å². The summed E-state index contributed by atoms with van der Waals surface area (Å²) in [5, 5.41) is 7.71. The molecule has 0 spiro atoms. The van der Waals surface area contributed by atoms with Gasteiger partial charge in [-0.1, -0.05) is 0 Å². The van der Waals surface area contributed by atoms with E-state index in [1.54, 1.807) is 30.5 Å². The number of hydrogen-bond acceptors (Lipinski definition) is 5. The van der Waals surface area contributed by atoms with Gasteiger partial charge in [-0.15, -0.1) is 0 Å². The fraction of sp³-hybridized carbons (Fsp3) is 0.240. The number of hydrogen-bond donors (Lipinski definition) is 3. The molecule has 3 aliphatic rings. The number of aromatic nitrogens is 1. The maximum atomic E-state index is 13.5. The Morgan fingerprint density at radius 1 is 1.16 bits per heavy atom. The molecular weight excluding hydrogens is 496 g/mol. The predicted octanol–water partition coefficient (Wildman–Crippen LogP) is 5.31. The third kappa shape index (κ3) is 4.17. The van der Waals surface area contributed by atoms with Gasteiger partial charge in [0.25, 0.3) is 0 Å². The highest BCUT2D eigenvalue weighted by molar-refractivity contribution is 5.93. The molecule has 1 aliphatic carbocycles. The lowest BCUT2D eigenvalue weighted by atomic mass is 10.1. The summed E-state index contributed by atoms with van der Waals surface area (Å²) < 4.78 is 64.4. The van der Waals surface area contributed by atoms with Crippen LogP contribution in [0.15, 0.2) is 48.7 Å². The van der Waals surface area contributed by atoms with Crippen LogP contribution in [-0.4, -0.2) is 22.6 Å². The van der Waals surface area contributed by atoms with Gasteiger partial charge in [-0.3, -0.25) is 10.1 Å². The third-order valence-electron chi connectivity index (χ3n) is 6.51. The SMILES string of the molecule is O=C1CCc2c(Oc3ccc4c(c3)[C@@H]3C[C@@]3(NC(=O)Nc3ccc(F)c(C(F)(F)F)c3)O4)ccnc2N1. The third-order valence-corrected chi connectivity index (χ3v) is 6.51. The first kappa shape index (κ1) is 23.1. The van der Waals surface area contributed by atoms with Gasteiger partial charge in [-0.2, -0.15) is 13.2 Å². The first-order chi connectivity index (χ1) is 17.6. The molecule has 2 aliphatic heterocycles. The minimum absolute atomic E-state index is 0.103. The van der Waals surface area contributed by atoms with Crippen LogP contribution in [0.3, 0.4) is 0 Å². The van der Waals surface area contributed by atoms with Crippen LogP contribution < -0.4 is 25.4 Å². The summed E-state index contributed by atoms with van der Waals surface area (Å²) in [7, 11) is 0. The number of ether oxygens (including phenoxy) is 2. The van der Waals surface area contributed by atoms with E-state index in [4.69, 9.17) is 9.47 Å². The van der Waals surface area contributed by atoms with Gasteiger partial charge in [0.1, 0.15) is 28.9 Å². The second-order valence-corrected chi connectivity index (χ2v) is 9.01. The van der Waals surface area contributed by atoms with Crippen molar-refractivity contribution in [2.24, 2.45) is 0 Å². The molecule has 0 unspecified atom stereocenters. The molecule has 3 amide bonds. The Balaban J connectivity index is 1.15. The Hall–Kier alpha value is -4.35. The number of urea groups is 1. The zero-order valence-corrected chi connectivity index (χ0v) is 18.9. The molecule has 1 aromatic heterocycles. The van der Waals surface area contributed by atoms with Gasteiger partial charge in [-0.05, 0) is 48.9 Å². The molecule has 0 bridgehead atoms. The van der Waals surface area contributed by atoms with Crippen LogP contribution in [0.4, 0.5) is 33.9 Å². The summed E-state index contributed by atoms with van der Waals surface area (Å²) in [6.07, 6.45) is -2.05. The number of nitrogens with zero attached hydrogens (tertiary/aromatic N) is 1. The van der Waals surface area contributed by atoms with Gasteiger partial charge in [0.15, 0.2) is 5.72 Å². The van der Waals surface area contributed by atoms with E-state index in [1.165, 1.54) is 0 Å². The number of rotatable bonds is 4. The lowest BCUT2D eigenvalue weighted by molar-refractivity contribution is -0.140. The summed E-state index contributed by atoms with van der Waals surface area (Å²) in [5.74, 6) is 0.415. The van der Waals surface area contributed by atoms with Crippen molar-refractivity contribution in [3.63, 3.8) is 0 Å². The van der Waals surface area contributed by atoms with Gasteiger partial charge >= 0.3 is 12.2 Å². The minimum atomic E-state index is -4.89. The Morgan fingerprint density at radius 2 is 2.00 bits per heavy atom. The second-order valence-electron chi connectivity index (χ2n) is 9.01. The van der Waals surface area contributed by atoms with Crippen molar-refractivity contribution in [1.29, 1.82) is 0 Å². The van der Waals surface area contributed by atoms with E-state index < -0.39 is 29.3 Å². The van der Waals surface area contributed by atoms with E-state index in [0.717, 1.165) is 17.2 Å². The van der Waals surface area contributed by atoms with E-state index in [1.807, 2.05) is 0 Å². The quantitative estimate of drug-likeness (QED) is 0.410. The molecule has 3 heterocycles. The fourth-order valence-corrected chi connectivity index (χ4v) is 4.69. The van der Waals surface area contributed by atoms with Crippen molar-refractivity contribution in [3.8, 4) is 17.2 Å². The van der Waals surface area contributed by atoms with Crippen molar-refractivity contribution in [2.75, 3.05) is 10.6 Å². The van der Waals surface area contributed by atoms with E-state index in [2.05, 4.69) is 20.9 Å². The highest BCUT2D eigenvalue weighted by Crippen LogP contribution is 2.61. The smallest absolute Gasteiger partial charge is 0.419 e. The molecule has 12 heteroatoms. The molecule has 190 valence electrons. The summed E-state index contributed by atoms with van der Waals surface area (Å²) in [6, 6.07) is 8.39. The zero-order chi connectivity index (χ0) is 25.9. The monoisotopic (exact) mass is 514 g/mol. The minimum Gasteiger partial charge on any atom is -0.467 e. The van der Waals surface area contributed by atoms with Crippen molar-refractivity contribution in [1.82, 2.24) is 10.3 Å². The van der Waals surface area contributed by atoms with Gasteiger partial charge in [0.2, 0.25) is 5.91 Å². The van der Waals surface area contributed by atoms with E-state index in [0.29, 0.717) is 54.5 Å². The standard InChI is InChI=1S/C25H18F4N4O4/c26-18-4-1-12(9-16(18)25(27,28)29)31-23(35)33-24-11-17(24)15-10-13(2-5-20(15)37-24)36-19-7-8-30-22-14(19)3-6-21(34)32-22/h1-2,4-5,7-10,17H,3,6,11H2,(H,30,32,34)(H2,31,33,35)/t17-,24+/m0/s1. The molecule has 6 rings (SSSR count). The molecule has 3 aromatic rings. The number of fused-ring (bicyclic) bond motifs is 4. The largest absolute Gasteiger partial charge is 0.467 e. The number of nitrogens with one attached hydrogen (secondary N) is 3. The fourth-order valence-electron chi connectivity index (χ4n) is 4.69. The van der Waals surface area contributed by atoms with Gasteiger partial charge < -0.3 is 20.1 Å². The number of pyridine rings is 1. The number of benzene rings is 2. The number of carbonyl (C=O) groups is 2. The van der Waals surface area contributed by atoms with E-state index in [-0.39, 0.29) is 17.5 Å². The molecule has 2 aromatic carbocycles. The Morgan fingerprint density at radius 3 is 2.81 bits per heavy atom. The van der Waals surface area contributed by atoms with Crippen molar-refractivity contribution >= 4 is 23.4 Å². The zero-order valence-electron chi connectivity index (χ0n) is 18.9. The number of halogens is 4. The molecule has 37 heavy (non-hydrogen) atoms. The molecule has 1 fully saturated rings. The van der Waals surface area contributed by atoms with E-state index >= 15 is 0 Å². The van der Waals surface area contributed by atoms with Crippen molar-refractivity contribution < 1.29 is 36.6 Å². The molecular formula is C25H18F4N4O4. The first-order valence-electron chi connectivity index (χ1n) is 11.4. The molecule has 2 atom stereocenters. The number of alkyl halides is 3. The van der Waals surface area contributed by atoms with Gasteiger partial charge in [-0.25, -0.2) is 14.2 Å². The maximum absolute atomic E-state index is 13.5. The van der Waals surface area contributed by atoms with Crippen LogP contribution in [0.1, 0.15) is 35.4 Å². The Kier molecular flexibility index (Phi) is 5.04. The second kappa shape index (κ2) is 8.08. The molecule has 1 saturated carbocycles.